The highest BCUT2D eigenvalue weighted by Gasteiger charge is 2.20. The van der Waals surface area contributed by atoms with E-state index in [-0.39, 0.29) is 0 Å². The fourth-order valence-corrected chi connectivity index (χ4v) is 13.6. The van der Waals surface area contributed by atoms with Crippen molar-refractivity contribution in [2.45, 2.75) is 91.9 Å². The Bertz CT molecular complexity index is 2610. The third-order valence-corrected chi connectivity index (χ3v) is 16.8. The maximum absolute atomic E-state index is 3.60. The highest BCUT2D eigenvalue weighted by molar-refractivity contribution is 7.30. The molecule has 0 aromatic carbocycles. The lowest BCUT2D eigenvalue weighted by atomic mass is 10.0. The number of hydrogen-bond acceptors (Lipinski definition) is 6. The van der Waals surface area contributed by atoms with Crippen LogP contribution in [0, 0.1) is 13.8 Å². The first-order valence-electron chi connectivity index (χ1n) is 19.3. The van der Waals surface area contributed by atoms with Crippen LogP contribution in [0.5, 0.6) is 0 Å². The monoisotopic (exact) mass is 838 g/mol. The summed E-state index contributed by atoms with van der Waals surface area (Å²) >= 11 is 11.4. The molecule has 0 nitrogen and oxygen atoms in total. The Hall–Kier alpha value is -4.08. The average molecular weight is 839 g/mol. The van der Waals surface area contributed by atoms with Crippen LogP contribution in [0.1, 0.15) is 97.2 Å². The third-order valence-electron chi connectivity index (χ3n) is 9.24. The summed E-state index contributed by atoms with van der Waals surface area (Å²) in [6.07, 6.45) is 16.5. The molecular weight excluding hydrogens is 793 g/mol. The van der Waals surface area contributed by atoms with Gasteiger partial charge in [-0.25, -0.2) is 0 Å². The molecule has 0 unspecified atom stereocenters. The first-order chi connectivity index (χ1) is 27.4. The molecule has 0 saturated carbocycles. The summed E-state index contributed by atoms with van der Waals surface area (Å²) in [5, 5.41) is 0. The van der Waals surface area contributed by atoms with Crippen LogP contribution in [0.3, 0.4) is 0 Å². The molecule has 0 N–H and O–H groups in total. The van der Waals surface area contributed by atoms with E-state index in [1.807, 2.05) is 68.8 Å². The molecule has 0 saturated heterocycles. The van der Waals surface area contributed by atoms with Gasteiger partial charge in [-0.1, -0.05) is 75.3 Å². The van der Waals surface area contributed by atoms with Crippen LogP contribution in [0.15, 0.2) is 108 Å². The Labute approximate surface area is 357 Å². The molecule has 0 aliphatic carbocycles. The molecule has 282 valence electrons. The van der Waals surface area contributed by atoms with Crippen LogP contribution >= 0.6 is 68.0 Å². The van der Waals surface area contributed by atoms with Crippen molar-refractivity contribution in [3.63, 3.8) is 0 Å². The van der Waals surface area contributed by atoms with E-state index in [0.29, 0.717) is 0 Å². The largest absolute Gasteiger partial charge is 0.139 e. The normalized spacial score (nSPS) is 10.4. The van der Waals surface area contributed by atoms with Crippen LogP contribution in [0.25, 0.3) is 60.9 Å². The van der Waals surface area contributed by atoms with Gasteiger partial charge in [0.15, 0.2) is 0 Å². The van der Waals surface area contributed by atoms with Crippen LogP contribution in [0.4, 0.5) is 0 Å². The van der Waals surface area contributed by atoms with Crippen LogP contribution in [-0.2, 0) is 12.8 Å². The molecule has 0 bridgehead atoms. The van der Waals surface area contributed by atoms with Crippen LogP contribution in [-0.4, -0.2) is 0 Å². The Morgan fingerprint density at radius 3 is 1.54 bits per heavy atom. The topological polar surface area (TPSA) is 0 Å². The number of hydrogen-bond donors (Lipinski definition) is 0. The first-order valence-corrected chi connectivity index (χ1v) is 24.2. The fraction of sp³-hybridized carbons (Fsp3) is 0.280. The van der Waals surface area contributed by atoms with Gasteiger partial charge in [-0.15, -0.1) is 68.0 Å². The molecule has 6 aromatic heterocycles. The summed E-state index contributed by atoms with van der Waals surface area (Å²) in [5.74, 6) is 0. The zero-order valence-electron chi connectivity index (χ0n) is 32.7. The summed E-state index contributed by atoms with van der Waals surface area (Å²) in [6.45, 7) is 16.2. The SMILES string of the molecule is C=C=C=C=C=Cc1cc(C)sc1-c1cc(C=C=C=C=C=C)c(-c2ccc(-c3ccc(-c4sc(-c5sc(C)cc5CCCCCC)cc4CCCCCC)s3)s2)s1. The minimum Gasteiger partial charge on any atom is -0.139 e. The van der Waals surface area contributed by atoms with Crippen molar-refractivity contribution in [2.24, 2.45) is 0 Å². The van der Waals surface area contributed by atoms with E-state index in [1.165, 1.54) is 122 Å². The van der Waals surface area contributed by atoms with E-state index in [1.54, 1.807) is 16.9 Å². The Morgan fingerprint density at radius 1 is 0.464 bits per heavy atom. The summed E-state index contributed by atoms with van der Waals surface area (Å²) < 4.78 is 0. The summed E-state index contributed by atoms with van der Waals surface area (Å²) in [7, 11) is 0. The van der Waals surface area contributed by atoms with Gasteiger partial charge in [0.2, 0.25) is 0 Å². The predicted molar refractivity (Wildman–Crippen MR) is 254 cm³/mol. The van der Waals surface area contributed by atoms with Crippen LogP contribution in [0.2, 0.25) is 0 Å². The molecule has 0 radical (unpaired) electrons. The van der Waals surface area contributed by atoms with Gasteiger partial charge < -0.3 is 0 Å². The van der Waals surface area contributed by atoms with E-state index >= 15 is 0 Å². The predicted octanol–water partition coefficient (Wildman–Crippen LogP) is 17.8. The smallest absolute Gasteiger partial charge is 0.0528 e. The van der Waals surface area contributed by atoms with Crippen molar-refractivity contribution in [1.29, 1.82) is 0 Å². The molecule has 6 heteroatoms. The van der Waals surface area contributed by atoms with Gasteiger partial charge in [0, 0.05) is 59.9 Å². The quantitative estimate of drug-likeness (QED) is 0.0634. The minimum absolute atomic E-state index is 1.10. The van der Waals surface area contributed by atoms with E-state index in [0.717, 1.165) is 17.5 Å². The van der Waals surface area contributed by atoms with Crippen molar-refractivity contribution in [3.05, 3.63) is 140 Å². The van der Waals surface area contributed by atoms with Gasteiger partial charge in [-0.3, -0.25) is 0 Å². The van der Waals surface area contributed by atoms with E-state index in [9.17, 15) is 0 Å². The molecule has 0 amide bonds. The van der Waals surface area contributed by atoms with Gasteiger partial charge in [0.1, 0.15) is 0 Å². The van der Waals surface area contributed by atoms with Crippen molar-refractivity contribution >= 4 is 80.2 Å². The molecule has 0 aliphatic rings. The maximum atomic E-state index is 3.60. The number of thiophene rings is 6. The lowest BCUT2D eigenvalue weighted by molar-refractivity contribution is 0.667. The van der Waals surface area contributed by atoms with E-state index in [2.05, 4.69) is 135 Å². The van der Waals surface area contributed by atoms with Gasteiger partial charge in [-0.2, -0.15) is 0 Å². The first kappa shape index (κ1) is 41.6. The highest BCUT2D eigenvalue weighted by atomic mass is 32.1. The number of aryl methyl sites for hydroxylation is 4. The summed E-state index contributed by atoms with van der Waals surface area (Å²) in [4.78, 5) is 15.9. The van der Waals surface area contributed by atoms with Crippen molar-refractivity contribution < 1.29 is 0 Å². The van der Waals surface area contributed by atoms with Gasteiger partial charge in [0.05, 0.1) is 9.75 Å². The fourth-order valence-electron chi connectivity index (χ4n) is 6.60. The maximum Gasteiger partial charge on any atom is 0.0528 e. The van der Waals surface area contributed by atoms with Gasteiger partial charge in [-0.05, 0) is 147 Å². The Balaban J connectivity index is 1.34. The highest BCUT2D eigenvalue weighted by Crippen LogP contribution is 2.49. The second-order valence-electron chi connectivity index (χ2n) is 13.6. The van der Waals surface area contributed by atoms with Gasteiger partial charge in [0.25, 0.3) is 0 Å². The Morgan fingerprint density at radius 2 is 0.929 bits per heavy atom. The molecule has 6 heterocycles. The zero-order chi connectivity index (χ0) is 39.3. The number of unbranched alkanes of at least 4 members (excludes halogenated alkanes) is 6. The lowest BCUT2D eigenvalue weighted by Gasteiger charge is -2.02. The molecule has 6 rings (SSSR count). The van der Waals surface area contributed by atoms with Crippen molar-refractivity contribution in [3.8, 4) is 48.8 Å². The molecule has 0 aliphatic heterocycles. The molecule has 6 aromatic rings. The second kappa shape index (κ2) is 20.9. The van der Waals surface area contributed by atoms with E-state index < -0.39 is 0 Å². The summed E-state index contributed by atoms with van der Waals surface area (Å²) in [6, 6.07) is 18.7. The Kier molecular flexibility index (Phi) is 15.5. The average Bonchev–Trinajstić information content (AvgIpc) is 4.05. The van der Waals surface area contributed by atoms with Crippen molar-refractivity contribution in [2.75, 3.05) is 0 Å². The van der Waals surface area contributed by atoms with E-state index in [4.69, 9.17) is 0 Å². The molecule has 0 fully saturated rings. The third kappa shape index (κ3) is 10.6. The molecule has 0 spiro atoms. The molecule has 0 atom stereocenters. The van der Waals surface area contributed by atoms with Gasteiger partial charge >= 0.3 is 0 Å². The van der Waals surface area contributed by atoms with Crippen LogP contribution < -0.4 is 0 Å². The standard InChI is InChI=1S/C50H46S6/c1-7-11-15-19-23-37-31-35(5)51-49(37)45-33-39(25-21-17-13-9-3)47(55-45)43-29-27-41(53-43)42-28-30-44(54-42)48-40(26-22-18-14-10-4)34-46(56-48)50-38(32-36(6)52-50)24-20-16-12-8-2/h23,25,27-34H,1,3,8,10,12,14,16,18,20,22,24,26H2,2,4-6H3. The molecular formula is C50H46S6. The lowest BCUT2D eigenvalue weighted by Crippen LogP contribution is -1.86. The number of rotatable bonds is 17. The summed E-state index contributed by atoms with van der Waals surface area (Å²) in [5.41, 5.74) is 28.0. The zero-order valence-corrected chi connectivity index (χ0v) is 37.6. The minimum atomic E-state index is 1.10. The second-order valence-corrected chi connectivity index (χ2v) is 20.4. The van der Waals surface area contributed by atoms with Crippen molar-refractivity contribution in [1.82, 2.24) is 0 Å². The molecule has 56 heavy (non-hydrogen) atoms.